The topological polar surface area (TPSA) is 81.8 Å². The second-order valence-electron chi connectivity index (χ2n) is 4.46. The van der Waals surface area contributed by atoms with Crippen molar-refractivity contribution in [1.29, 1.82) is 0 Å². The third-order valence-electron chi connectivity index (χ3n) is 3.02. The monoisotopic (exact) mass is 298 g/mol. The van der Waals surface area contributed by atoms with Gasteiger partial charge in [-0.2, -0.15) is 0 Å². The summed E-state index contributed by atoms with van der Waals surface area (Å²) in [5.41, 5.74) is 1.38. The Balaban J connectivity index is 2.23. The fraction of sp³-hybridized carbons (Fsp3) is 0.125. The zero-order chi connectivity index (χ0) is 15.9. The third-order valence-corrected chi connectivity index (χ3v) is 3.02. The number of nitro benzene ring substituents is 1. The molecule has 0 spiro atoms. The van der Waals surface area contributed by atoms with Crippen LogP contribution in [0.5, 0.6) is 0 Å². The van der Waals surface area contributed by atoms with Crippen molar-refractivity contribution < 1.29 is 14.5 Å². The lowest BCUT2D eigenvalue weighted by molar-refractivity contribution is -0.384. The number of hydrogen-bond acceptors (Lipinski definition) is 5. The quantitative estimate of drug-likeness (QED) is 0.368. The first-order valence-corrected chi connectivity index (χ1v) is 6.52. The third kappa shape index (κ3) is 3.76. The number of hydrogen-bond donors (Lipinski definition) is 0. The van der Waals surface area contributed by atoms with Gasteiger partial charge in [0.1, 0.15) is 0 Å². The van der Waals surface area contributed by atoms with Crippen molar-refractivity contribution in [1.82, 2.24) is 0 Å². The van der Waals surface area contributed by atoms with Gasteiger partial charge in [-0.15, -0.1) is 0 Å². The normalized spacial score (nSPS) is 12.0. The molecule has 0 aliphatic carbocycles. The molecule has 0 heterocycles. The maximum absolute atomic E-state index is 11.9. The maximum atomic E-state index is 11.9. The van der Waals surface area contributed by atoms with Gasteiger partial charge in [0.2, 0.25) is 0 Å². The summed E-state index contributed by atoms with van der Waals surface area (Å²) in [7, 11) is 1.31. The summed E-state index contributed by atoms with van der Waals surface area (Å²) in [6.45, 7) is 0. The Hall–Kier alpha value is -3.02. The van der Waals surface area contributed by atoms with Crippen LogP contribution in [-0.2, 0) is 9.53 Å². The summed E-state index contributed by atoms with van der Waals surface area (Å²) in [4.78, 5) is 26.2. The standard InChI is InChI=1S/C16H14N2O4/c1-22-16(19)15(13-5-3-2-4-6-13)17-11-12-7-9-14(10-8-12)18(20)21/h2-11,15H,1H3/t15-/m0/s1. The van der Waals surface area contributed by atoms with Gasteiger partial charge in [0.25, 0.3) is 5.69 Å². The summed E-state index contributed by atoms with van der Waals surface area (Å²) in [6.07, 6.45) is 1.50. The lowest BCUT2D eigenvalue weighted by atomic mass is 10.1. The van der Waals surface area contributed by atoms with Crippen molar-refractivity contribution in [3.05, 3.63) is 75.8 Å². The zero-order valence-corrected chi connectivity index (χ0v) is 11.9. The average Bonchev–Trinajstić information content (AvgIpc) is 2.56. The number of aliphatic imine (C=N–C) groups is 1. The van der Waals surface area contributed by atoms with Crippen LogP contribution in [-0.4, -0.2) is 24.2 Å². The molecule has 0 N–H and O–H groups in total. The van der Waals surface area contributed by atoms with Crippen molar-refractivity contribution in [2.24, 2.45) is 4.99 Å². The minimum atomic E-state index is -0.763. The van der Waals surface area contributed by atoms with Crippen molar-refractivity contribution in [2.45, 2.75) is 6.04 Å². The largest absolute Gasteiger partial charge is 0.467 e. The van der Waals surface area contributed by atoms with E-state index in [-0.39, 0.29) is 5.69 Å². The molecule has 0 radical (unpaired) electrons. The number of nitro groups is 1. The average molecular weight is 298 g/mol. The molecule has 2 rings (SSSR count). The van der Waals surface area contributed by atoms with Gasteiger partial charge in [0.15, 0.2) is 6.04 Å². The molecule has 6 heteroatoms. The number of benzene rings is 2. The van der Waals surface area contributed by atoms with Crippen LogP contribution in [0.3, 0.4) is 0 Å². The highest BCUT2D eigenvalue weighted by molar-refractivity contribution is 5.85. The smallest absolute Gasteiger partial charge is 0.335 e. The van der Waals surface area contributed by atoms with Crippen LogP contribution in [0.4, 0.5) is 5.69 Å². The van der Waals surface area contributed by atoms with Gasteiger partial charge in [-0.1, -0.05) is 30.3 Å². The molecule has 22 heavy (non-hydrogen) atoms. The summed E-state index contributed by atoms with van der Waals surface area (Å²) in [5, 5.41) is 10.6. The molecule has 0 saturated heterocycles. The van der Waals surface area contributed by atoms with Gasteiger partial charge in [-0.25, -0.2) is 4.79 Å². The van der Waals surface area contributed by atoms with Gasteiger partial charge in [0, 0.05) is 18.3 Å². The number of ether oxygens (including phenoxy) is 1. The molecule has 0 unspecified atom stereocenters. The summed E-state index contributed by atoms with van der Waals surface area (Å²) in [6, 6.07) is 14.2. The second-order valence-corrected chi connectivity index (χ2v) is 4.46. The second kappa shape index (κ2) is 7.12. The van der Waals surface area contributed by atoms with E-state index < -0.39 is 16.9 Å². The molecule has 0 amide bonds. The fourth-order valence-electron chi connectivity index (χ4n) is 1.87. The number of rotatable bonds is 5. The van der Waals surface area contributed by atoms with Gasteiger partial charge in [-0.3, -0.25) is 15.1 Å². The van der Waals surface area contributed by atoms with Crippen LogP contribution < -0.4 is 0 Å². The van der Waals surface area contributed by atoms with Crippen LogP contribution in [0.2, 0.25) is 0 Å². The molecule has 0 aliphatic rings. The molecule has 2 aromatic rings. The van der Waals surface area contributed by atoms with Crippen molar-refractivity contribution >= 4 is 17.9 Å². The Bertz CT molecular complexity index is 681. The predicted octanol–water partition coefficient (Wildman–Crippen LogP) is 2.93. The zero-order valence-electron chi connectivity index (χ0n) is 11.9. The lowest BCUT2D eigenvalue weighted by Gasteiger charge is -2.10. The van der Waals surface area contributed by atoms with Crippen LogP contribution in [0.15, 0.2) is 59.6 Å². The Morgan fingerprint density at radius 1 is 1.18 bits per heavy atom. The minimum Gasteiger partial charge on any atom is -0.467 e. The number of nitrogens with zero attached hydrogens (tertiary/aromatic N) is 2. The first-order valence-electron chi connectivity index (χ1n) is 6.52. The van der Waals surface area contributed by atoms with Crippen LogP contribution in [0, 0.1) is 10.1 Å². The van der Waals surface area contributed by atoms with Crippen LogP contribution >= 0.6 is 0 Å². The first-order chi connectivity index (χ1) is 10.6. The van der Waals surface area contributed by atoms with Crippen molar-refractivity contribution in [3.63, 3.8) is 0 Å². The molecule has 0 aromatic heterocycles. The van der Waals surface area contributed by atoms with E-state index in [9.17, 15) is 14.9 Å². The molecule has 6 nitrogen and oxygen atoms in total. The van der Waals surface area contributed by atoms with E-state index in [1.165, 1.54) is 25.5 Å². The van der Waals surface area contributed by atoms with E-state index in [0.717, 1.165) is 0 Å². The van der Waals surface area contributed by atoms with E-state index in [1.54, 1.807) is 24.3 Å². The van der Waals surface area contributed by atoms with Gasteiger partial charge < -0.3 is 4.74 Å². The Labute approximate surface area is 127 Å². The predicted molar refractivity (Wildman–Crippen MR) is 81.9 cm³/mol. The summed E-state index contributed by atoms with van der Waals surface area (Å²) in [5.74, 6) is -0.468. The van der Waals surface area contributed by atoms with E-state index in [2.05, 4.69) is 4.99 Å². The van der Waals surface area contributed by atoms with Gasteiger partial charge >= 0.3 is 5.97 Å². The molecule has 0 bridgehead atoms. The highest BCUT2D eigenvalue weighted by atomic mass is 16.6. The molecule has 2 aromatic carbocycles. The number of non-ortho nitro benzene ring substituents is 1. The number of esters is 1. The van der Waals surface area contributed by atoms with Gasteiger partial charge in [-0.05, 0) is 23.3 Å². The molecule has 0 aliphatic heterocycles. The van der Waals surface area contributed by atoms with Crippen LogP contribution in [0.25, 0.3) is 0 Å². The Morgan fingerprint density at radius 3 is 2.36 bits per heavy atom. The van der Waals surface area contributed by atoms with Crippen molar-refractivity contribution in [3.8, 4) is 0 Å². The van der Waals surface area contributed by atoms with Gasteiger partial charge in [0.05, 0.1) is 12.0 Å². The number of carbonyl (C=O) groups is 1. The molecule has 112 valence electrons. The van der Waals surface area contributed by atoms with E-state index in [1.807, 2.05) is 18.2 Å². The molecule has 0 fully saturated rings. The minimum absolute atomic E-state index is 0.00438. The summed E-state index contributed by atoms with van der Waals surface area (Å²) >= 11 is 0. The number of carbonyl (C=O) groups excluding carboxylic acids is 1. The fourth-order valence-corrected chi connectivity index (χ4v) is 1.87. The lowest BCUT2D eigenvalue weighted by Crippen LogP contribution is -2.12. The van der Waals surface area contributed by atoms with Crippen LogP contribution in [0.1, 0.15) is 17.2 Å². The summed E-state index contributed by atoms with van der Waals surface area (Å²) < 4.78 is 4.76. The van der Waals surface area contributed by atoms with E-state index in [0.29, 0.717) is 11.1 Å². The van der Waals surface area contributed by atoms with Crippen molar-refractivity contribution in [2.75, 3.05) is 7.11 Å². The number of methoxy groups -OCH3 is 1. The SMILES string of the molecule is COC(=O)[C@@H](N=Cc1ccc([N+](=O)[O-])cc1)c1ccccc1. The Morgan fingerprint density at radius 2 is 1.82 bits per heavy atom. The van der Waals surface area contributed by atoms with E-state index in [4.69, 9.17) is 4.74 Å². The highest BCUT2D eigenvalue weighted by Gasteiger charge is 2.19. The highest BCUT2D eigenvalue weighted by Crippen LogP contribution is 2.19. The van der Waals surface area contributed by atoms with E-state index >= 15 is 0 Å². The molecule has 1 atom stereocenters. The molecular formula is C16H14N2O4. The first kappa shape index (κ1) is 15.4. The maximum Gasteiger partial charge on any atom is 0.335 e. The molecule has 0 saturated carbocycles. The Kier molecular flexibility index (Phi) is 4.98. The molecular weight excluding hydrogens is 284 g/mol.